The van der Waals surface area contributed by atoms with E-state index < -0.39 is 18.3 Å². The Hall–Kier alpha value is -2.58. The van der Waals surface area contributed by atoms with Gasteiger partial charge in [0.25, 0.3) is 0 Å². The van der Waals surface area contributed by atoms with Gasteiger partial charge in [0.1, 0.15) is 5.60 Å². The van der Waals surface area contributed by atoms with Gasteiger partial charge in [-0.2, -0.15) is 8.78 Å². The number of piperidine rings is 1. The van der Waals surface area contributed by atoms with Crippen molar-refractivity contribution in [2.45, 2.75) is 45.8 Å². The van der Waals surface area contributed by atoms with Crippen LogP contribution in [0.5, 0.6) is 11.5 Å². The van der Waals surface area contributed by atoms with Crippen molar-refractivity contribution in [3.63, 3.8) is 0 Å². The van der Waals surface area contributed by atoms with Gasteiger partial charge in [-0.3, -0.25) is 4.79 Å². The van der Waals surface area contributed by atoms with Gasteiger partial charge in [-0.25, -0.2) is 4.79 Å². The molecule has 28 heavy (non-hydrogen) atoms. The Morgan fingerprint density at radius 3 is 2.36 bits per heavy atom. The Kier molecular flexibility index (Phi) is 7.04. The van der Waals surface area contributed by atoms with Crippen LogP contribution in [0, 0.1) is 5.92 Å². The molecule has 0 unspecified atom stereocenters. The summed E-state index contributed by atoms with van der Waals surface area (Å²) in [6.45, 7) is 3.21. The van der Waals surface area contributed by atoms with E-state index in [1.54, 1.807) is 31.7 Å². The summed E-state index contributed by atoms with van der Waals surface area (Å²) in [5.41, 5.74) is -0.242. The maximum atomic E-state index is 12.5. The van der Waals surface area contributed by atoms with E-state index >= 15 is 0 Å². The van der Waals surface area contributed by atoms with Crippen LogP contribution in [0.25, 0.3) is 0 Å². The second-order valence-corrected chi connectivity index (χ2v) is 7.48. The highest BCUT2D eigenvalue weighted by atomic mass is 19.3. The molecule has 1 N–H and O–H groups in total. The molecular weight excluding hydrogens is 374 g/mol. The smallest absolute Gasteiger partial charge is 0.410 e. The number of benzene rings is 1. The highest BCUT2D eigenvalue weighted by molar-refractivity contribution is 5.93. The van der Waals surface area contributed by atoms with E-state index in [4.69, 9.17) is 9.47 Å². The Labute approximate surface area is 162 Å². The van der Waals surface area contributed by atoms with Gasteiger partial charge in [-0.15, -0.1) is 0 Å². The van der Waals surface area contributed by atoms with Crippen LogP contribution in [0.3, 0.4) is 0 Å². The Balaban J connectivity index is 1.93. The van der Waals surface area contributed by atoms with E-state index in [0.717, 1.165) is 0 Å². The van der Waals surface area contributed by atoms with Crippen molar-refractivity contribution >= 4 is 17.7 Å². The molecule has 1 aromatic rings. The molecule has 0 bridgehead atoms. The van der Waals surface area contributed by atoms with Crippen LogP contribution in [0.15, 0.2) is 18.2 Å². The molecular formula is C19H26F2N2O5. The van der Waals surface area contributed by atoms with Crippen LogP contribution >= 0.6 is 0 Å². The predicted octanol–water partition coefficient (Wildman–Crippen LogP) is 3.88. The minimum atomic E-state index is -3.00. The molecule has 0 aliphatic carbocycles. The molecule has 0 atom stereocenters. The monoisotopic (exact) mass is 400 g/mol. The van der Waals surface area contributed by atoms with Crippen LogP contribution < -0.4 is 14.8 Å². The minimum Gasteiger partial charge on any atom is -0.493 e. The van der Waals surface area contributed by atoms with Crippen molar-refractivity contribution in [1.82, 2.24) is 4.90 Å². The zero-order valence-electron chi connectivity index (χ0n) is 16.5. The molecule has 9 heteroatoms. The summed E-state index contributed by atoms with van der Waals surface area (Å²) in [4.78, 5) is 26.2. The normalized spacial score (nSPS) is 15.3. The Morgan fingerprint density at radius 1 is 1.18 bits per heavy atom. The number of nitrogens with zero attached hydrogens (tertiary/aromatic N) is 1. The van der Waals surface area contributed by atoms with Gasteiger partial charge in [0, 0.05) is 30.8 Å². The lowest BCUT2D eigenvalue weighted by Crippen LogP contribution is -2.43. The molecule has 2 rings (SSSR count). The third-order valence-electron chi connectivity index (χ3n) is 4.16. The Bertz CT molecular complexity index is 698. The number of alkyl halides is 2. The maximum absolute atomic E-state index is 12.5. The minimum absolute atomic E-state index is 0.143. The number of hydrogen-bond donors (Lipinski definition) is 1. The quantitative estimate of drug-likeness (QED) is 0.812. The van der Waals surface area contributed by atoms with E-state index in [9.17, 15) is 18.4 Å². The van der Waals surface area contributed by atoms with Crippen molar-refractivity contribution in [1.29, 1.82) is 0 Å². The van der Waals surface area contributed by atoms with Crippen LogP contribution in [-0.2, 0) is 9.53 Å². The summed E-state index contributed by atoms with van der Waals surface area (Å²) in [5.74, 6) is -0.545. The molecule has 7 nitrogen and oxygen atoms in total. The van der Waals surface area contributed by atoms with Gasteiger partial charge >= 0.3 is 12.7 Å². The maximum Gasteiger partial charge on any atom is 0.410 e. The fourth-order valence-electron chi connectivity index (χ4n) is 2.84. The number of likely N-dealkylation sites (tertiary alicyclic amines) is 1. The average Bonchev–Trinajstić information content (AvgIpc) is 2.60. The third-order valence-corrected chi connectivity index (χ3v) is 4.16. The SMILES string of the molecule is COc1ccc(NC(=O)C2CCN(C(=O)OC(C)(C)C)CC2)cc1OC(F)F. The van der Waals surface area contributed by atoms with Crippen LogP contribution in [-0.4, -0.2) is 49.3 Å². The van der Waals surface area contributed by atoms with Crippen LogP contribution in [0.1, 0.15) is 33.6 Å². The first kappa shape index (κ1) is 21.7. The highest BCUT2D eigenvalue weighted by Gasteiger charge is 2.30. The molecule has 1 aliphatic heterocycles. The molecule has 1 fully saturated rings. The summed E-state index contributed by atoms with van der Waals surface area (Å²) in [6, 6.07) is 4.28. The first-order chi connectivity index (χ1) is 13.1. The molecule has 0 radical (unpaired) electrons. The molecule has 1 aliphatic rings. The molecule has 0 saturated carbocycles. The van der Waals surface area contributed by atoms with E-state index in [1.165, 1.54) is 19.2 Å². The fraction of sp³-hybridized carbons (Fsp3) is 0.579. The number of carbonyl (C=O) groups excluding carboxylic acids is 2. The molecule has 0 aromatic heterocycles. The van der Waals surface area contributed by atoms with Crippen molar-refractivity contribution in [3.05, 3.63) is 18.2 Å². The summed E-state index contributed by atoms with van der Waals surface area (Å²) in [7, 11) is 1.34. The number of hydrogen-bond acceptors (Lipinski definition) is 5. The second-order valence-electron chi connectivity index (χ2n) is 7.48. The number of ether oxygens (including phenoxy) is 3. The number of rotatable bonds is 5. The Morgan fingerprint density at radius 2 is 1.82 bits per heavy atom. The van der Waals surface area contributed by atoms with E-state index in [0.29, 0.717) is 31.6 Å². The lowest BCUT2D eigenvalue weighted by atomic mass is 9.96. The number of nitrogens with one attached hydrogen (secondary N) is 1. The van der Waals surface area contributed by atoms with Gasteiger partial charge in [0.2, 0.25) is 5.91 Å². The number of anilines is 1. The van der Waals surface area contributed by atoms with Gasteiger partial charge in [0.15, 0.2) is 11.5 Å². The second kappa shape index (κ2) is 9.07. The van der Waals surface area contributed by atoms with Gasteiger partial charge in [0.05, 0.1) is 7.11 Å². The molecule has 0 spiro atoms. The first-order valence-corrected chi connectivity index (χ1v) is 9.00. The molecule has 1 aromatic carbocycles. The fourth-order valence-corrected chi connectivity index (χ4v) is 2.84. The van der Waals surface area contributed by atoms with Crippen LogP contribution in [0.2, 0.25) is 0 Å². The summed E-state index contributed by atoms with van der Waals surface area (Å²) < 4.78 is 39.8. The van der Waals surface area contributed by atoms with Crippen molar-refractivity contribution in [2.75, 3.05) is 25.5 Å². The zero-order chi connectivity index (χ0) is 20.9. The van der Waals surface area contributed by atoms with Crippen LogP contribution in [0.4, 0.5) is 19.3 Å². The van der Waals surface area contributed by atoms with E-state index in [2.05, 4.69) is 10.1 Å². The van der Waals surface area contributed by atoms with E-state index in [-0.39, 0.29) is 23.3 Å². The van der Waals surface area contributed by atoms with Gasteiger partial charge in [-0.05, 0) is 45.7 Å². The predicted molar refractivity (Wildman–Crippen MR) is 98.8 cm³/mol. The third kappa shape index (κ3) is 6.24. The van der Waals surface area contributed by atoms with Gasteiger partial charge < -0.3 is 24.4 Å². The number of amides is 2. The number of methoxy groups -OCH3 is 1. The summed E-state index contributed by atoms with van der Waals surface area (Å²) in [5, 5.41) is 2.70. The molecule has 156 valence electrons. The van der Waals surface area contributed by atoms with Crippen molar-refractivity contribution < 1.29 is 32.6 Å². The highest BCUT2D eigenvalue weighted by Crippen LogP contribution is 2.32. The van der Waals surface area contributed by atoms with Gasteiger partial charge in [-0.1, -0.05) is 0 Å². The lowest BCUT2D eigenvalue weighted by molar-refractivity contribution is -0.121. The molecule has 1 heterocycles. The first-order valence-electron chi connectivity index (χ1n) is 9.00. The zero-order valence-corrected chi connectivity index (χ0v) is 16.5. The average molecular weight is 400 g/mol. The number of halogens is 2. The van der Waals surface area contributed by atoms with E-state index in [1.807, 2.05) is 0 Å². The topological polar surface area (TPSA) is 77.1 Å². The number of carbonyl (C=O) groups is 2. The molecule has 1 saturated heterocycles. The summed E-state index contributed by atoms with van der Waals surface area (Å²) >= 11 is 0. The largest absolute Gasteiger partial charge is 0.493 e. The van der Waals surface area contributed by atoms with Crippen molar-refractivity contribution in [3.8, 4) is 11.5 Å². The van der Waals surface area contributed by atoms with Crippen molar-refractivity contribution in [2.24, 2.45) is 5.92 Å². The lowest BCUT2D eigenvalue weighted by Gasteiger charge is -2.32. The summed E-state index contributed by atoms with van der Waals surface area (Å²) in [6.07, 6.45) is 0.582. The molecule has 2 amide bonds. The standard InChI is InChI=1S/C19H26F2N2O5/c1-19(2,3)28-18(25)23-9-7-12(8-10-23)16(24)22-13-5-6-14(26-4)15(11-13)27-17(20)21/h5-6,11-12,17H,7-10H2,1-4H3,(H,22,24).